The lowest BCUT2D eigenvalue weighted by Crippen LogP contribution is -2.18. The molecule has 1 rings (SSSR count). The van der Waals surface area contributed by atoms with Gasteiger partial charge >= 0.3 is 6.36 Å². The fraction of sp³-hybridized carbons (Fsp3) is 0.462. The quantitative estimate of drug-likeness (QED) is 0.725. The van der Waals surface area contributed by atoms with Gasteiger partial charge in [-0.15, -0.1) is 13.2 Å². The molecular weight excluding hydrogens is 281 g/mol. The lowest BCUT2D eigenvalue weighted by molar-refractivity contribution is -0.274. The summed E-state index contributed by atoms with van der Waals surface area (Å²) in [6, 6.07) is 3.34. The summed E-state index contributed by atoms with van der Waals surface area (Å²) in [5.74, 6) is -1.01. The van der Waals surface area contributed by atoms with Crippen LogP contribution >= 0.6 is 11.6 Å². The Bertz CT molecular complexity index is 458. The molecule has 19 heavy (non-hydrogen) atoms. The van der Waals surface area contributed by atoms with Crippen LogP contribution in [0.15, 0.2) is 18.2 Å². The second-order valence-corrected chi connectivity index (χ2v) is 4.65. The highest BCUT2D eigenvalue weighted by atomic mass is 35.5. The summed E-state index contributed by atoms with van der Waals surface area (Å²) >= 11 is 5.85. The van der Waals surface area contributed by atoms with Gasteiger partial charge < -0.3 is 4.74 Å². The van der Waals surface area contributed by atoms with Gasteiger partial charge in [-0.25, -0.2) is 0 Å². The van der Waals surface area contributed by atoms with E-state index >= 15 is 0 Å². The number of hydrogen-bond acceptors (Lipinski definition) is 2. The van der Waals surface area contributed by atoms with Gasteiger partial charge in [-0.2, -0.15) is 0 Å². The lowest BCUT2D eigenvalue weighted by atomic mass is 9.95. The van der Waals surface area contributed by atoms with Gasteiger partial charge in [-0.1, -0.05) is 31.9 Å². The molecule has 0 aromatic heterocycles. The maximum absolute atomic E-state index is 12.1. The number of benzene rings is 1. The minimum absolute atomic E-state index is 0.0596. The molecule has 0 aliphatic heterocycles. The van der Waals surface area contributed by atoms with Crippen molar-refractivity contribution < 1.29 is 22.7 Å². The minimum Gasteiger partial charge on any atom is -0.406 e. The van der Waals surface area contributed by atoms with Crippen molar-refractivity contribution in [3.63, 3.8) is 0 Å². The molecular formula is C13H14ClF3O2. The Morgan fingerprint density at radius 3 is 2.58 bits per heavy atom. The van der Waals surface area contributed by atoms with E-state index in [9.17, 15) is 18.0 Å². The normalized spacial score (nSPS) is 13.2. The minimum atomic E-state index is -4.79. The first-order valence-electron chi connectivity index (χ1n) is 5.84. The Balaban J connectivity index is 3.00. The van der Waals surface area contributed by atoms with Crippen LogP contribution < -0.4 is 4.74 Å². The molecule has 0 bridgehead atoms. The van der Waals surface area contributed by atoms with E-state index in [0.717, 1.165) is 18.6 Å². The number of carbonyl (C=O) groups is 1. The van der Waals surface area contributed by atoms with E-state index in [1.54, 1.807) is 6.92 Å². The van der Waals surface area contributed by atoms with Gasteiger partial charge in [-0.3, -0.25) is 4.79 Å². The Hall–Kier alpha value is -1.23. The Kier molecular flexibility index (Phi) is 5.23. The second-order valence-electron chi connectivity index (χ2n) is 4.24. The summed E-state index contributed by atoms with van der Waals surface area (Å²) in [4.78, 5) is 12.1. The predicted molar refractivity (Wildman–Crippen MR) is 66.5 cm³/mol. The number of ether oxygens (including phenoxy) is 1. The average molecular weight is 295 g/mol. The zero-order valence-corrected chi connectivity index (χ0v) is 11.3. The molecule has 6 heteroatoms. The van der Waals surface area contributed by atoms with Crippen molar-refractivity contribution in [1.29, 1.82) is 0 Å². The largest absolute Gasteiger partial charge is 0.573 e. The Morgan fingerprint density at radius 1 is 1.42 bits per heavy atom. The molecule has 106 valence electrons. The van der Waals surface area contributed by atoms with Gasteiger partial charge in [0, 0.05) is 11.5 Å². The summed E-state index contributed by atoms with van der Waals surface area (Å²) in [5.41, 5.74) is 0.0596. The highest BCUT2D eigenvalue weighted by Gasteiger charge is 2.31. The van der Waals surface area contributed by atoms with Crippen LogP contribution in [0.1, 0.15) is 37.0 Å². The van der Waals surface area contributed by atoms with E-state index in [2.05, 4.69) is 4.74 Å². The molecule has 1 unspecified atom stereocenters. The fourth-order valence-corrected chi connectivity index (χ4v) is 1.93. The van der Waals surface area contributed by atoms with E-state index in [0.29, 0.717) is 6.42 Å². The van der Waals surface area contributed by atoms with Crippen LogP contribution in [0.4, 0.5) is 13.2 Å². The van der Waals surface area contributed by atoms with Crippen LogP contribution in [0.25, 0.3) is 0 Å². The first-order chi connectivity index (χ1) is 8.74. The van der Waals surface area contributed by atoms with Crippen LogP contribution in [-0.2, 0) is 0 Å². The van der Waals surface area contributed by atoms with E-state index in [1.165, 1.54) is 6.07 Å². The van der Waals surface area contributed by atoms with Gasteiger partial charge in [0.25, 0.3) is 0 Å². The summed E-state index contributed by atoms with van der Waals surface area (Å²) in [5, 5.41) is 0.127. The third-order valence-corrected chi connectivity index (χ3v) is 2.94. The van der Waals surface area contributed by atoms with E-state index < -0.39 is 12.1 Å². The molecule has 0 fully saturated rings. The standard InChI is InChI=1S/C13H14ClF3O2/c1-3-4-8(2)12(18)10-7-9(5-6-11(10)14)19-13(15,16)17/h5-8H,3-4H2,1-2H3. The molecule has 1 aromatic rings. The van der Waals surface area contributed by atoms with Crippen molar-refractivity contribution >= 4 is 17.4 Å². The number of Topliss-reactive ketones (excluding diaryl/α,β-unsaturated/α-hetero) is 1. The number of halogens is 4. The van der Waals surface area contributed by atoms with Gasteiger partial charge in [0.1, 0.15) is 5.75 Å². The molecule has 0 amide bonds. The van der Waals surface area contributed by atoms with Gasteiger partial charge in [0.2, 0.25) is 0 Å². The number of hydrogen-bond donors (Lipinski definition) is 0. The third-order valence-electron chi connectivity index (χ3n) is 2.61. The molecule has 0 radical (unpaired) electrons. The molecule has 1 atom stereocenters. The molecule has 0 saturated carbocycles. The molecule has 0 heterocycles. The Morgan fingerprint density at radius 2 is 2.05 bits per heavy atom. The third kappa shape index (κ3) is 4.74. The van der Waals surface area contributed by atoms with Gasteiger partial charge in [-0.05, 0) is 24.6 Å². The van der Waals surface area contributed by atoms with Crippen LogP contribution in [0.5, 0.6) is 5.75 Å². The van der Waals surface area contributed by atoms with Gasteiger partial charge in [0.05, 0.1) is 5.02 Å². The molecule has 0 spiro atoms. The first-order valence-corrected chi connectivity index (χ1v) is 6.22. The van der Waals surface area contributed by atoms with Crippen LogP contribution in [-0.4, -0.2) is 12.1 Å². The molecule has 0 aliphatic rings. The first kappa shape index (κ1) is 15.8. The summed E-state index contributed by atoms with van der Waals surface area (Å²) in [6.45, 7) is 3.65. The monoisotopic (exact) mass is 294 g/mol. The fourth-order valence-electron chi connectivity index (χ4n) is 1.72. The summed E-state index contributed by atoms with van der Waals surface area (Å²) in [7, 11) is 0. The topological polar surface area (TPSA) is 26.3 Å². The molecule has 0 N–H and O–H groups in total. The van der Waals surface area contributed by atoms with Crippen molar-refractivity contribution in [2.24, 2.45) is 5.92 Å². The van der Waals surface area contributed by atoms with E-state index in [-0.39, 0.29) is 22.3 Å². The average Bonchev–Trinajstić information content (AvgIpc) is 2.29. The van der Waals surface area contributed by atoms with Gasteiger partial charge in [0.15, 0.2) is 5.78 Å². The van der Waals surface area contributed by atoms with Crippen molar-refractivity contribution in [2.45, 2.75) is 33.1 Å². The Labute approximate surface area is 114 Å². The van der Waals surface area contributed by atoms with Crippen LogP contribution in [0.3, 0.4) is 0 Å². The lowest BCUT2D eigenvalue weighted by Gasteiger charge is -2.13. The van der Waals surface area contributed by atoms with Crippen molar-refractivity contribution in [1.82, 2.24) is 0 Å². The molecule has 1 aromatic carbocycles. The molecule has 0 saturated heterocycles. The van der Waals surface area contributed by atoms with Crippen molar-refractivity contribution in [3.8, 4) is 5.75 Å². The van der Waals surface area contributed by atoms with E-state index in [4.69, 9.17) is 11.6 Å². The summed E-state index contributed by atoms with van der Waals surface area (Å²) in [6.07, 6.45) is -3.33. The van der Waals surface area contributed by atoms with Crippen LogP contribution in [0.2, 0.25) is 5.02 Å². The summed E-state index contributed by atoms with van der Waals surface area (Å²) < 4.78 is 40.1. The van der Waals surface area contributed by atoms with E-state index in [1.807, 2.05) is 6.92 Å². The van der Waals surface area contributed by atoms with Crippen LogP contribution in [0, 0.1) is 5.92 Å². The number of ketones is 1. The predicted octanol–water partition coefficient (Wildman–Crippen LogP) is 4.86. The molecule has 0 aliphatic carbocycles. The maximum atomic E-state index is 12.1. The van der Waals surface area contributed by atoms with Crippen molar-refractivity contribution in [2.75, 3.05) is 0 Å². The molecule has 2 nitrogen and oxygen atoms in total. The smallest absolute Gasteiger partial charge is 0.406 e. The maximum Gasteiger partial charge on any atom is 0.573 e. The number of rotatable bonds is 5. The van der Waals surface area contributed by atoms with Crippen molar-refractivity contribution in [3.05, 3.63) is 28.8 Å². The highest BCUT2D eigenvalue weighted by Crippen LogP contribution is 2.29. The zero-order chi connectivity index (χ0) is 14.6. The SMILES string of the molecule is CCCC(C)C(=O)c1cc(OC(F)(F)F)ccc1Cl. The highest BCUT2D eigenvalue weighted by molar-refractivity contribution is 6.34. The number of alkyl halides is 3. The zero-order valence-electron chi connectivity index (χ0n) is 10.6. The second kappa shape index (κ2) is 6.28. The number of carbonyl (C=O) groups excluding carboxylic acids is 1.